The van der Waals surface area contributed by atoms with Crippen molar-refractivity contribution in [3.63, 3.8) is 0 Å². The zero-order chi connectivity index (χ0) is 27.8. The van der Waals surface area contributed by atoms with Gasteiger partial charge < -0.3 is 18.9 Å². The first-order chi connectivity index (χ1) is 19.4. The lowest BCUT2D eigenvalue weighted by molar-refractivity contribution is 0.0246. The van der Waals surface area contributed by atoms with Crippen molar-refractivity contribution in [3.05, 3.63) is 76.1 Å². The molecule has 6 rings (SSSR count). The summed E-state index contributed by atoms with van der Waals surface area (Å²) in [7, 11) is 3.12. The first-order valence-electron chi connectivity index (χ1n) is 13.8. The molecule has 0 amide bonds. The van der Waals surface area contributed by atoms with Crippen LogP contribution in [-0.2, 0) is 23.1 Å². The molecule has 0 N–H and O–H groups in total. The molecule has 2 aliphatic rings. The second-order valence-corrected chi connectivity index (χ2v) is 11.1. The van der Waals surface area contributed by atoms with Gasteiger partial charge in [0.2, 0.25) is 0 Å². The monoisotopic (exact) mass is 560 g/mol. The zero-order valence-electron chi connectivity index (χ0n) is 23.0. The Bertz CT molecular complexity index is 1510. The van der Waals surface area contributed by atoms with Crippen LogP contribution in [0.1, 0.15) is 59.0 Å². The molecule has 208 valence electrons. The zero-order valence-corrected chi connectivity index (χ0v) is 23.8. The molecular formula is C31H33ClN4O4. The second-order valence-electron chi connectivity index (χ2n) is 10.7. The maximum atomic E-state index is 12.0. The molecule has 4 aromatic rings. The minimum absolute atomic E-state index is 0.153. The molecular weight excluding hydrogens is 528 g/mol. The molecule has 1 saturated heterocycles. The number of aromatic nitrogens is 3. The van der Waals surface area contributed by atoms with Gasteiger partial charge in [0.25, 0.3) is 0 Å². The van der Waals surface area contributed by atoms with Crippen molar-refractivity contribution in [2.45, 2.75) is 51.2 Å². The first-order valence-corrected chi connectivity index (χ1v) is 14.1. The minimum Gasteiger partial charge on any atom is -0.464 e. The molecule has 40 heavy (non-hydrogen) atoms. The van der Waals surface area contributed by atoms with Crippen LogP contribution in [0.3, 0.4) is 0 Å². The summed E-state index contributed by atoms with van der Waals surface area (Å²) in [5, 5.41) is 9.66. The second kappa shape index (κ2) is 11.1. The predicted octanol–water partition coefficient (Wildman–Crippen LogP) is 6.55. The van der Waals surface area contributed by atoms with Crippen LogP contribution in [0.4, 0.5) is 5.69 Å². The fourth-order valence-electron chi connectivity index (χ4n) is 5.50. The summed E-state index contributed by atoms with van der Waals surface area (Å²) in [6, 6.07) is 16.0. The Kier molecular flexibility index (Phi) is 7.38. The highest BCUT2D eigenvalue weighted by Crippen LogP contribution is 2.45. The van der Waals surface area contributed by atoms with Crippen LogP contribution in [0.2, 0.25) is 5.02 Å². The molecule has 2 aromatic heterocycles. The molecule has 3 heterocycles. The summed E-state index contributed by atoms with van der Waals surface area (Å²) in [6.07, 6.45) is 4.25. The highest BCUT2D eigenvalue weighted by molar-refractivity contribution is 6.33. The molecule has 0 atom stereocenters. The molecule has 0 spiro atoms. The Morgan fingerprint density at radius 1 is 1.10 bits per heavy atom. The number of anilines is 1. The molecule has 2 fully saturated rings. The van der Waals surface area contributed by atoms with E-state index < -0.39 is 5.97 Å². The average Bonchev–Trinajstić information content (AvgIpc) is 3.62. The number of hydrogen-bond donors (Lipinski definition) is 0. The number of hydrogen-bond acceptors (Lipinski definition) is 7. The van der Waals surface area contributed by atoms with Gasteiger partial charge in [-0.05, 0) is 62.4 Å². The summed E-state index contributed by atoms with van der Waals surface area (Å²) < 4.78 is 18.8. The molecule has 2 aromatic carbocycles. The first kappa shape index (κ1) is 26.6. The van der Waals surface area contributed by atoms with Gasteiger partial charge in [-0.1, -0.05) is 41.0 Å². The van der Waals surface area contributed by atoms with E-state index in [2.05, 4.69) is 27.3 Å². The quantitative estimate of drug-likeness (QED) is 0.226. The number of methoxy groups -OCH3 is 1. The van der Waals surface area contributed by atoms with E-state index in [4.69, 9.17) is 25.6 Å². The van der Waals surface area contributed by atoms with Crippen molar-refractivity contribution in [1.29, 1.82) is 0 Å². The van der Waals surface area contributed by atoms with Crippen molar-refractivity contribution in [2.75, 3.05) is 25.1 Å². The van der Waals surface area contributed by atoms with Crippen LogP contribution in [0.5, 0.6) is 0 Å². The maximum Gasteiger partial charge on any atom is 0.356 e. The van der Waals surface area contributed by atoms with Crippen LogP contribution < -0.4 is 4.90 Å². The van der Waals surface area contributed by atoms with Gasteiger partial charge in [0.1, 0.15) is 17.1 Å². The van der Waals surface area contributed by atoms with Gasteiger partial charge in [0, 0.05) is 48.4 Å². The van der Waals surface area contributed by atoms with Gasteiger partial charge in [0.05, 0.1) is 30.5 Å². The van der Waals surface area contributed by atoms with Crippen molar-refractivity contribution in [3.8, 4) is 22.5 Å². The van der Waals surface area contributed by atoms with Crippen LogP contribution in [0, 0.1) is 6.92 Å². The Morgan fingerprint density at radius 2 is 1.88 bits per heavy atom. The van der Waals surface area contributed by atoms with Gasteiger partial charge in [-0.15, -0.1) is 0 Å². The van der Waals surface area contributed by atoms with Crippen LogP contribution in [-0.4, -0.2) is 47.2 Å². The smallest absolute Gasteiger partial charge is 0.356 e. The molecule has 0 radical (unpaired) electrons. The van der Waals surface area contributed by atoms with Gasteiger partial charge in [0.15, 0.2) is 0 Å². The fourth-order valence-corrected chi connectivity index (χ4v) is 5.82. The van der Waals surface area contributed by atoms with E-state index in [1.165, 1.54) is 7.11 Å². The molecule has 9 heteroatoms. The fraction of sp³-hybridized carbons (Fsp3) is 0.387. The molecule has 1 aliphatic carbocycles. The van der Waals surface area contributed by atoms with E-state index in [9.17, 15) is 4.79 Å². The van der Waals surface area contributed by atoms with Crippen molar-refractivity contribution >= 4 is 23.3 Å². The predicted molar refractivity (Wildman–Crippen MR) is 154 cm³/mol. The van der Waals surface area contributed by atoms with Crippen molar-refractivity contribution in [1.82, 2.24) is 14.9 Å². The van der Waals surface area contributed by atoms with E-state index >= 15 is 0 Å². The lowest BCUT2D eigenvalue weighted by Crippen LogP contribution is -2.37. The summed E-state index contributed by atoms with van der Waals surface area (Å²) in [6.45, 7) is 4.30. The number of nitrogens with zero attached hydrogens (tertiary/aromatic N) is 4. The maximum absolute atomic E-state index is 12.0. The highest BCUT2D eigenvalue weighted by Gasteiger charge is 2.34. The minimum atomic E-state index is -0.399. The van der Waals surface area contributed by atoms with Crippen LogP contribution in [0.15, 0.2) is 53.1 Å². The number of carbonyl (C=O) groups excluding carboxylic acids is 1. The molecule has 0 unspecified atom stereocenters. The third-order valence-electron chi connectivity index (χ3n) is 7.91. The van der Waals surface area contributed by atoms with Crippen LogP contribution in [0.25, 0.3) is 22.5 Å². The number of benzene rings is 2. The van der Waals surface area contributed by atoms with E-state index in [-0.39, 0.29) is 6.10 Å². The van der Waals surface area contributed by atoms with Gasteiger partial charge in [-0.25, -0.2) is 4.79 Å². The summed E-state index contributed by atoms with van der Waals surface area (Å²) in [4.78, 5) is 14.4. The Labute approximate surface area is 238 Å². The largest absolute Gasteiger partial charge is 0.464 e. The Balaban J connectivity index is 1.12. The number of aryl methyl sites for hydroxylation is 2. The number of rotatable bonds is 8. The van der Waals surface area contributed by atoms with Gasteiger partial charge >= 0.3 is 5.97 Å². The lowest BCUT2D eigenvalue weighted by Gasteiger charge is -2.33. The standard InChI is InChI=1S/C31H33ClN4O4/c1-19-6-4-9-25(32)28(19)29-24(30(40-34-29)20-10-11-20)18-39-23-12-14-36(15-13-23)22-8-5-7-21(16-22)26-17-27(31(37)38-3)35(2)33-26/h4-9,16-17,20,23H,10-15,18H2,1-3H3. The van der Waals surface area contributed by atoms with Crippen molar-refractivity contribution in [2.24, 2.45) is 7.05 Å². The molecule has 0 bridgehead atoms. The summed E-state index contributed by atoms with van der Waals surface area (Å²) in [5.41, 5.74) is 7.11. The molecule has 8 nitrogen and oxygen atoms in total. The SMILES string of the molecule is COC(=O)c1cc(-c2cccc(N3CCC(OCc4c(-c5c(C)cccc5Cl)noc4C4CC4)CC3)c2)nn1C. The van der Waals surface area contributed by atoms with E-state index in [1.54, 1.807) is 17.8 Å². The van der Waals surface area contributed by atoms with E-state index in [0.29, 0.717) is 23.2 Å². The molecule has 1 aliphatic heterocycles. The van der Waals surface area contributed by atoms with Crippen LogP contribution >= 0.6 is 11.6 Å². The summed E-state index contributed by atoms with van der Waals surface area (Å²) in [5.74, 6) is 0.983. The highest BCUT2D eigenvalue weighted by atomic mass is 35.5. The Morgan fingerprint density at radius 3 is 2.60 bits per heavy atom. The molecule has 1 saturated carbocycles. The summed E-state index contributed by atoms with van der Waals surface area (Å²) >= 11 is 6.59. The number of esters is 1. The normalized spacial score (nSPS) is 15.9. The topological polar surface area (TPSA) is 82.6 Å². The Hall–Kier alpha value is -3.62. The van der Waals surface area contributed by atoms with Gasteiger partial charge in [-0.3, -0.25) is 4.68 Å². The number of ether oxygens (including phenoxy) is 2. The number of carbonyl (C=O) groups is 1. The number of piperidine rings is 1. The third kappa shape index (κ3) is 5.25. The third-order valence-corrected chi connectivity index (χ3v) is 8.23. The van der Waals surface area contributed by atoms with Crippen molar-refractivity contribution < 1.29 is 18.8 Å². The van der Waals surface area contributed by atoms with E-state index in [1.807, 2.05) is 37.3 Å². The average molecular weight is 561 g/mol. The van der Waals surface area contributed by atoms with E-state index in [0.717, 1.165) is 83.9 Å². The number of halogens is 1. The van der Waals surface area contributed by atoms with Gasteiger partial charge in [-0.2, -0.15) is 5.10 Å². The lowest BCUT2D eigenvalue weighted by atomic mass is 10.0.